The smallest absolute Gasteiger partial charge is 0.245 e. The lowest BCUT2D eigenvalue weighted by molar-refractivity contribution is -0.671. The zero-order chi connectivity index (χ0) is 8.97. The molecule has 1 aromatic rings. The average molecular weight is 169 g/mol. The summed E-state index contributed by atoms with van der Waals surface area (Å²) < 4.78 is 9.60. The maximum absolute atomic E-state index is 5.54. The van der Waals surface area contributed by atoms with E-state index < -0.39 is 0 Å². The standard InChI is InChI=1S/C9H17N2O/c1-4-7-12-9(2)11-6-5-10(3)8-11/h5-6,8-9H,4,7H2,1-3H3/q+1. The zero-order valence-electron chi connectivity index (χ0n) is 8.03. The van der Waals surface area contributed by atoms with Crippen molar-refractivity contribution >= 4 is 0 Å². The van der Waals surface area contributed by atoms with Gasteiger partial charge in [0.1, 0.15) is 12.4 Å². The molecule has 1 rings (SSSR count). The van der Waals surface area contributed by atoms with Gasteiger partial charge in [-0.05, 0) is 6.42 Å². The number of aromatic nitrogens is 2. The highest BCUT2D eigenvalue weighted by molar-refractivity contribution is 4.67. The van der Waals surface area contributed by atoms with Gasteiger partial charge in [0.2, 0.25) is 6.33 Å². The quantitative estimate of drug-likeness (QED) is 0.620. The SMILES string of the molecule is CCCOC(C)n1cc[n+](C)c1. The molecule has 0 aliphatic carbocycles. The van der Waals surface area contributed by atoms with Gasteiger partial charge in [0, 0.05) is 6.92 Å². The molecular formula is C9H17N2O+. The summed E-state index contributed by atoms with van der Waals surface area (Å²) in [6, 6.07) is 0. The van der Waals surface area contributed by atoms with E-state index in [9.17, 15) is 0 Å². The van der Waals surface area contributed by atoms with Crippen molar-refractivity contribution in [1.29, 1.82) is 0 Å². The Hall–Kier alpha value is -0.830. The Morgan fingerprint density at radius 2 is 2.33 bits per heavy atom. The Morgan fingerprint density at radius 1 is 1.58 bits per heavy atom. The average Bonchev–Trinajstić information content (AvgIpc) is 2.47. The lowest BCUT2D eigenvalue weighted by Gasteiger charge is -2.07. The van der Waals surface area contributed by atoms with Crippen molar-refractivity contribution in [3.8, 4) is 0 Å². The summed E-state index contributed by atoms with van der Waals surface area (Å²) in [4.78, 5) is 0. The fourth-order valence-electron chi connectivity index (χ4n) is 1.06. The van der Waals surface area contributed by atoms with Gasteiger partial charge in [-0.2, -0.15) is 0 Å². The van der Waals surface area contributed by atoms with Crippen LogP contribution in [0.15, 0.2) is 18.7 Å². The van der Waals surface area contributed by atoms with Crippen LogP contribution in [0, 0.1) is 0 Å². The van der Waals surface area contributed by atoms with Crippen molar-refractivity contribution in [2.75, 3.05) is 6.61 Å². The summed E-state index contributed by atoms with van der Waals surface area (Å²) in [5, 5.41) is 0. The van der Waals surface area contributed by atoms with Gasteiger partial charge in [0.25, 0.3) is 0 Å². The molecule has 0 fully saturated rings. The molecule has 0 aliphatic heterocycles. The van der Waals surface area contributed by atoms with Crippen LogP contribution in [0.5, 0.6) is 0 Å². The van der Waals surface area contributed by atoms with Crippen LogP contribution in [0.1, 0.15) is 26.5 Å². The van der Waals surface area contributed by atoms with E-state index in [4.69, 9.17) is 4.74 Å². The molecule has 0 N–H and O–H groups in total. The molecule has 0 bridgehead atoms. The first-order valence-corrected chi connectivity index (χ1v) is 4.38. The Balaban J connectivity index is 2.47. The highest BCUT2D eigenvalue weighted by Gasteiger charge is 2.08. The van der Waals surface area contributed by atoms with Gasteiger partial charge >= 0.3 is 0 Å². The van der Waals surface area contributed by atoms with Crippen LogP contribution in [-0.4, -0.2) is 11.2 Å². The molecule has 68 valence electrons. The van der Waals surface area contributed by atoms with Crippen LogP contribution >= 0.6 is 0 Å². The highest BCUT2D eigenvalue weighted by atomic mass is 16.5. The van der Waals surface area contributed by atoms with E-state index in [2.05, 4.69) is 18.4 Å². The van der Waals surface area contributed by atoms with Crippen molar-refractivity contribution in [2.45, 2.75) is 26.5 Å². The highest BCUT2D eigenvalue weighted by Crippen LogP contribution is 2.05. The maximum atomic E-state index is 5.54. The molecule has 0 amide bonds. The fraction of sp³-hybridized carbons (Fsp3) is 0.667. The van der Waals surface area contributed by atoms with Crippen LogP contribution in [0.3, 0.4) is 0 Å². The monoisotopic (exact) mass is 169 g/mol. The van der Waals surface area contributed by atoms with Crippen LogP contribution < -0.4 is 4.57 Å². The van der Waals surface area contributed by atoms with Gasteiger partial charge in [-0.25, -0.2) is 9.13 Å². The van der Waals surface area contributed by atoms with E-state index in [-0.39, 0.29) is 6.23 Å². The normalized spacial score (nSPS) is 13.2. The molecule has 0 saturated heterocycles. The summed E-state index contributed by atoms with van der Waals surface area (Å²) in [6.07, 6.45) is 7.25. The molecule has 1 heterocycles. The molecule has 1 aromatic heterocycles. The second-order valence-corrected chi connectivity index (χ2v) is 3.00. The summed E-state index contributed by atoms with van der Waals surface area (Å²) in [6.45, 7) is 4.99. The van der Waals surface area contributed by atoms with Crippen LogP contribution in [0.2, 0.25) is 0 Å². The third-order valence-electron chi connectivity index (χ3n) is 1.77. The van der Waals surface area contributed by atoms with E-state index in [0.29, 0.717) is 0 Å². The Morgan fingerprint density at radius 3 is 2.83 bits per heavy atom. The third kappa shape index (κ3) is 2.34. The van der Waals surface area contributed by atoms with Crippen molar-refractivity contribution in [1.82, 2.24) is 4.57 Å². The first-order valence-electron chi connectivity index (χ1n) is 4.38. The molecule has 0 aliphatic rings. The lowest BCUT2D eigenvalue weighted by Crippen LogP contribution is -2.24. The molecule has 1 atom stereocenters. The summed E-state index contributed by atoms with van der Waals surface area (Å²) in [5.41, 5.74) is 0. The number of rotatable bonds is 4. The topological polar surface area (TPSA) is 18.0 Å². The number of ether oxygens (including phenoxy) is 1. The van der Waals surface area contributed by atoms with Gasteiger partial charge in [-0.1, -0.05) is 6.92 Å². The van der Waals surface area contributed by atoms with Crippen molar-refractivity contribution in [3.63, 3.8) is 0 Å². The molecule has 3 nitrogen and oxygen atoms in total. The Bertz CT molecular complexity index is 232. The van der Waals surface area contributed by atoms with E-state index >= 15 is 0 Å². The number of hydrogen-bond acceptors (Lipinski definition) is 1. The molecule has 0 spiro atoms. The predicted octanol–water partition coefficient (Wildman–Crippen LogP) is 1.26. The predicted molar refractivity (Wildman–Crippen MR) is 46.6 cm³/mol. The lowest BCUT2D eigenvalue weighted by atomic mass is 10.5. The molecular weight excluding hydrogens is 152 g/mol. The second-order valence-electron chi connectivity index (χ2n) is 3.00. The summed E-state index contributed by atoms with van der Waals surface area (Å²) >= 11 is 0. The van der Waals surface area contributed by atoms with E-state index in [1.54, 1.807) is 0 Å². The van der Waals surface area contributed by atoms with Gasteiger partial charge in [-0.3, -0.25) is 0 Å². The molecule has 3 heteroatoms. The van der Waals surface area contributed by atoms with Crippen molar-refractivity contribution in [2.24, 2.45) is 7.05 Å². The Kier molecular flexibility index (Phi) is 3.29. The minimum Gasteiger partial charge on any atom is -0.340 e. The fourth-order valence-corrected chi connectivity index (χ4v) is 1.06. The van der Waals surface area contributed by atoms with Gasteiger partial charge in [-0.15, -0.1) is 0 Å². The van der Waals surface area contributed by atoms with Gasteiger partial charge in [0.15, 0.2) is 6.23 Å². The molecule has 0 aromatic carbocycles. The minimum atomic E-state index is 0.145. The maximum Gasteiger partial charge on any atom is 0.245 e. The first-order chi connectivity index (χ1) is 5.74. The van der Waals surface area contributed by atoms with E-state index in [1.807, 2.05) is 30.3 Å². The van der Waals surface area contributed by atoms with Crippen LogP contribution in [0.4, 0.5) is 0 Å². The molecule has 1 unspecified atom stereocenters. The number of aryl methyl sites for hydroxylation is 1. The third-order valence-corrected chi connectivity index (χ3v) is 1.77. The second kappa shape index (κ2) is 4.26. The van der Waals surface area contributed by atoms with Crippen molar-refractivity contribution in [3.05, 3.63) is 18.7 Å². The van der Waals surface area contributed by atoms with Gasteiger partial charge < -0.3 is 4.74 Å². The zero-order valence-corrected chi connectivity index (χ0v) is 8.03. The van der Waals surface area contributed by atoms with Crippen LogP contribution in [0.25, 0.3) is 0 Å². The minimum absolute atomic E-state index is 0.145. The Labute approximate surface area is 73.6 Å². The summed E-state index contributed by atoms with van der Waals surface area (Å²) in [7, 11) is 2.00. The number of imidazole rings is 1. The molecule has 0 radical (unpaired) electrons. The largest absolute Gasteiger partial charge is 0.340 e. The van der Waals surface area contributed by atoms with E-state index in [1.165, 1.54) is 0 Å². The van der Waals surface area contributed by atoms with E-state index in [0.717, 1.165) is 13.0 Å². The van der Waals surface area contributed by atoms with Gasteiger partial charge in [0.05, 0.1) is 13.7 Å². The summed E-state index contributed by atoms with van der Waals surface area (Å²) in [5.74, 6) is 0. The number of nitrogens with zero attached hydrogens (tertiary/aromatic N) is 2. The number of hydrogen-bond donors (Lipinski definition) is 0. The van der Waals surface area contributed by atoms with Crippen molar-refractivity contribution < 1.29 is 9.30 Å². The molecule has 0 saturated carbocycles. The molecule has 12 heavy (non-hydrogen) atoms. The first kappa shape index (κ1) is 9.26. The van der Waals surface area contributed by atoms with Crippen LogP contribution in [-0.2, 0) is 11.8 Å².